The number of hydrogen-bond donors (Lipinski definition) is 1. The molecule has 0 radical (unpaired) electrons. The van der Waals surface area contributed by atoms with Gasteiger partial charge < -0.3 is 10.1 Å². The molecule has 2 rings (SSSR count). The normalized spacial score (nSPS) is 36.9. The van der Waals surface area contributed by atoms with E-state index in [1.54, 1.807) is 0 Å². The first kappa shape index (κ1) is 9.81. The Balaban J connectivity index is 1.86. The van der Waals surface area contributed by atoms with Crippen molar-refractivity contribution in [3.8, 4) is 0 Å². The molecule has 4 atom stereocenters. The minimum absolute atomic E-state index is 0.276. The Hall–Kier alpha value is -0.730. The second kappa shape index (κ2) is 3.79. The molecule has 3 nitrogen and oxygen atoms in total. The van der Waals surface area contributed by atoms with Crippen molar-refractivity contribution >= 4 is 6.09 Å². The van der Waals surface area contributed by atoms with Crippen molar-refractivity contribution in [1.29, 1.82) is 0 Å². The zero-order chi connectivity index (χ0) is 10.1. The summed E-state index contributed by atoms with van der Waals surface area (Å²) in [6, 6.07) is 0.276. The Morgan fingerprint density at radius 3 is 2.71 bits per heavy atom. The smallest absolute Gasteiger partial charge is 0.407 e. The lowest BCUT2D eigenvalue weighted by molar-refractivity contribution is 0.157. The summed E-state index contributed by atoms with van der Waals surface area (Å²) in [6.45, 7) is 2.10. The average molecular weight is 197 g/mol. The maximum absolute atomic E-state index is 11.1. The topological polar surface area (TPSA) is 38.3 Å². The number of ether oxygens (including phenoxy) is 1. The number of alkyl carbamates (subject to hydrolysis) is 1. The molecule has 2 fully saturated rings. The Morgan fingerprint density at radius 1 is 1.43 bits per heavy atom. The number of carbonyl (C=O) groups excluding carboxylic acids is 1. The SMILES string of the molecule is COC(=O)N[C@@H](C)[C@@H]1C[C@@H]2CC[C@@H]1C2. The average Bonchev–Trinajstić information content (AvgIpc) is 2.78. The van der Waals surface area contributed by atoms with Crippen LogP contribution < -0.4 is 5.32 Å². The van der Waals surface area contributed by atoms with Crippen LogP contribution in [-0.4, -0.2) is 19.2 Å². The van der Waals surface area contributed by atoms with Gasteiger partial charge in [-0.25, -0.2) is 4.79 Å². The zero-order valence-corrected chi connectivity index (χ0v) is 8.95. The fraction of sp³-hybridized carbons (Fsp3) is 0.909. The van der Waals surface area contributed by atoms with E-state index in [0.29, 0.717) is 5.92 Å². The highest BCUT2D eigenvalue weighted by Crippen LogP contribution is 2.49. The molecule has 0 spiro atoms. The van der Waals surface area contributed by atoms with Crippen molar-refractivity contribution in [3.05, 3.63) is 0 Å². The zero-order valence-electron chi connectivity index (χ0n) is 8.95. The summed E-state index contributed by atoms with van der Waals surface area (Å²) in [5, 5.41) is 2.90. The quantitative estimate of drug-likeness (QED) is 0.736. The monoisotopic (exact) mass is 197 g/mol. The van der Waals surface area contributed by atoms with Gasteiger partial charge >= 0.3 is 6.09 Å². The van der Waals surface area contributed by atoms with Crippen LogP contribution in [0.2, 0.25) is 0 Å². The number of methoxy groups -OCH3 is 1. The highest BCUT2D eigenvalue weighted by atomic mass is 16.5. The van der Waals surface area contributed by atoms with E-state index in [2.05, 4.69) is 17.0 Å². The van der Waals surface area contributed by atoms with E-state index < -0.39 is 0 Å². The van der Waals surface area contributed by atoms with E-state index in [1.807, 2.05) is 0 Å². The minimum atomic E-state index is -0.291. The van der Waals surface area contributed by atoms with Crippen molar-refractivity contribution in [2.45, 2.75) is 38.6 Å². The minimum Gasteiger partial charge on any atom is -0.453 e. The van der Waals surface area contributed by atoms with Gasteiger partial charge in [-0.2, -0.15) is 0 Å². The molecular weight excluding hydrogens is 178 g/mol. The Kier molecular flexibility index (Phi) is 2.66. The molecule has 0 aromatic heterocycles. The van der Waals surface area contributed by atoms with Gasteiger partial charge in [-0.3, -0.25) is 0 Å². The summed E-state index contributed by atoms with van der Waals surface area (Å²) in [7, 11) is 1.42. The van der Waals surface area contributed by atoms with Gasteiger partial charge in [0.15, 0.2) is 0 Å². The second-order valence-corrected chi connectivity index (χ2v) is 4.76. The van der Waals surface area contributed by atoms with Crippen LogP contribution in [0.25, 0.3) is 0 Å². The molecule has 14 heavy (non-hydrogen) atoms. The summed E-state index contributed by atoms with van der Waals surface area (Å²) < 4.78 is 4.61. The third kappa shape index (κ3) is 1.72. The maximum atomic E-state index is 11.1. The second-order valence-electron chi connectivity index (χ2n) is 4.76. The number of fused-ring (bicyclic) bond motifs is 2. The molecule has 2 aliphatic rings. The van der Waals surface area contributed by atoms with Gasteiger partial charge in [-0.15, -0.1) is 0 Å². The molecule has 80 valence electrons. The third-order valence-corrected chi connectivity index (χ3v) is 3.97. The molecule has 0 aromatic carbocycles. The maximum Gasteiger partial charge on any atom is 0.407 e. The van der Waals surface area contributed by atoms with E-state index >= 15 is 0 Å². The number of amides is 1. The molecule has 0 aromatic rings. The predicted molar refractivity (Wildman–Crippen MR) is 53.9 cm³/mol. The first-order valence-electron chi connectivity index (χ1n) is 5.55. The Bertz CT molecular complexity index is 229. The van der Waals surface area contributed by atoms with Crippen molar-refractivity contribution in [2.75, 3.05) is 7.11 Å². The molecule has 0 unspecified atom stereocenters. The molecule has 1 N–H and O–H groups in total. The van der Waals surface area contributed by atoms with Gasteiger partial charge in [-0.1, -0.05) is 6.42 Å². The number of carbonyl (C=O) groups is 1. The van der Waals surface area contributed by atoms with Crippen molar-refractivity contribution in [3.63, 3.8) is 0 Å². The largest absolute Gasteiger partial charge is 0.453 e. The van der Waals surface area contributed by atoms with E-state index in [9.17, 15) is 4.79 Å². The van der Waals surface area contributed by atoms with Gasteiger partial charge in [0.25, 0.3) is 0 Å². The summed E-state index contributed by atoms with van der Waals surface area (Å²) >= 11 is 0. The highest BCUT2D eigenvalue weighted by molar-refractivity contribution is 5.67. The highest BCUT2D eigenvalue weighted by Gasteiger charge is 2.42. The number of nitrogens with one attached hydrogen (secondary N) is 1. The van der Waals surface area contributed by atoms with Crippen LogP contribution >= 0.6 is 0 Å². The first-order valence-corrected chi connectivity index (χ1v) is 5.55. The standard InChI is InChI=1S/C11H19NO2/c1-7(12-11(13)14-2)10-6-8-3-4-9(10)5-8/h7-10H,3-6H2,1-2H3,(H,12,13)/t7-,8+,9+,10-/m0/s1. The van der Waals surface area contributed by atoms with Crippen LogP contribution in [0.1, 0.15) is 32.6 Å². The molecule has 3 heteroatoms. The van der Waals surface area contributed by atoms with Crippen LogP contribution in [0.15, 0.2) is 0 Å². The van der Waals surface area contributed by atoms with Gasteiger partial charge in [0.1, 0.15) is 0 Å². The van der Waals surface area contributed by atoms with E-state index in [4.69, 9.17) is 0 Å². The van der Waals surface area contributed by atoms with Crippen LogP contribution in [0.3, 0.4) is 0 Å². The van der Waals surface area contributed by atoms with Crippen LogP contribution in [0, 0.1) is 17.8 Å². The lowest BCUT2D eigenvalue weighted by atomic mass is 9.84. The summed E-state index contributed by atoms with van der Waals surface area (Å²) in [5.41, 5.74) is 0. The molecule has 1 amide bonds. The van der Waals surface area contributed by atoms with E-state index in [1.165, 1.54) is 32.8 Å². The van der Waals surface area contributed by atoms with Gasteiger partial charge in [-0.05, 0) is 43.9 Å². The molecule has 0 saturated heterocycles. The molecule has 2 aliphatic carbocycles. The molecule has 2 saturated carbocycles. The van der Waals surface area contributed by atoms with E-state index in [0.717, 1.165) is 11.8 Å². The number of rotatable bonds is 2. The molecule has 2 bridgehead atoms. The van der Waals surface area contributed by atoms with Crippen LogP contribution in [0.4, 0.5) is 4.79 Å². The lowest BCUT2D eigenvalue weighted by Crippen LogP contribution is -2.39. The van der Waals surface area contributed by atoms with Crippen LogP contribution in [-0.2, 0) is 4.74 Å². The molecule has 0 aliphatic heterocycles. The fourth-order valence-electron chi connectivity index (χ4n) is 3.26. The fourth-order valence-corrected chi connectivity index (χ4v) is 3.26. The Labute approximate surface area is 85.2 Å². The van der Waals surface area contributed by atoms with E-state index in [-0.39, 0.29) is 12.1 Å². The van der Waals surface area contributed by atoms with Gasteiger partial charge in [0.05, 0.1) is 7.11 Å². The predicted octanol–water partition coefficient (Wildman–Crippen LogP) is 2.17. The molecular formula is C11H19NO2. The van der Waals surface area contributed by atoms with Crippen LogP contribution in [0.5, 0.6) is 0 Å². The van der Waals surface area contributed by atoms with Crippen molar-refractivity contribution < 1.29 is 9.53 Å². The summed E-state index contributed by atoms with van der Waals surface area (Å²) in [5.74, 6) is 2.48. The van der Waals surface area contributed by atoms with Crippen molar-refractivity contribution in [2.24, 2.45) is 17.8 Å². The third-order valence-electron chi connectivity index (χ3n) is 3.97. The molecule has 0 heterocycles. The van der Waals surface area contributed by atoms with Gasteiger partial charge in [0.2, 0.25) is 0 Å². The Morgan fingerprint density at radius 2 is 2.21 bits per heavy atom. The lowest BCUT2D eigenvalue weighted by Gasteiger charge is -2.27. The number of hydrogen-bond acceptors (Lipinski definition) is 2. The van der Waals surface area contributed by atoms with Crippen molar-refractivity contribution in [1.82, 2.24) is 5.32 Å². The first-order chi connectivity index (χ1) is 6.70. The summed E-state index contributed by atoms with van der Waals surface area (Å²) in [6.07, 6.45) is 5.17. The van der Waals surface area contributed by atoms with Gasteiger partial charge in [0, 0.05) is 6.04 Å². The summed E-state index contributed by atoms with van der Waals surface area (Å²) in [4.78, 5) is 11.1.